The topological polar surface area (TPSA) is 86.4 Å². The fraction of sp³-hybridized carbons (Fsp3) is 0.238. The summed E-state index contributed by atoms with van der Waals surface area (Å²) in [5.41, 5.74) is 2.99. The van der Waals surface area contributed by atoms with Crippen LogP contribution in [-0.2, 0) is 10.0 Å². The lowest BCUT2D eigenvalue weighted by molar-refractivity contribution is 0.0692. The van der Waals surface area contributed by atoms with Gasteiger partial charge >= 0.3 is 0 Å². The van der Waals surface area contributed by atoms with Crippen LogP contribution < -0.4 is 0 Å². The highest BCUT2D eigenvalue weighted by molar-refractivity contribution is 9.10. The number of piperazine rings is 1. The summed E-state index contributed by atoms with van der Waals surface area (Å²) in [6.07, 6.45) is 0. The number of benzene rings is 2. The van der Waals surface area contributed by atoms with E-state index in [-0.39, 0.29) is 23.9 Å². The molecule has 1 saturated heterocycles. The Kier molecular flexibility index (Phi) is 5.77. The van der Waals surface area contributed by atoms with E-state index in [4.69, 9.17) is 0 Å². The third kappa shape index (κ3) is 4.19. The van der Waals surface area contributed by atoms with Gasteiger partial charge in [0.25, 0.3) is 5.91 Å². The number of carbonyl (C=O) groups is 1. The van der Waals surface area contributed by atoms with Crippen molar-refractivity contribution < 1.29 is 13.2 Å². The summed E-state index contributed by atoms with van der Waals surface area (Å²) >= 11 is 3.40. The quantitative estimate of drug-likeness (QED) is 0.610. The van der Waals surface area contributed by atoms with Crippen LogP contribution in [0.1, 0.15) is 16.1 Å². The third-order valence-electron chi connectivity index (χ3n) is 5.13. The maximum atomic E-state index is 12.8. The highest BCUT2D eigenvalue weighted by Gasteiger charge is 2.30. The van der Waals surface area contributed by atoms with Crippen molar-refractivity contribution in [1.29, 1.82) is 0 Å². The van der Waals surface area contributed by atoms with Crippen LogP contribution in [0.15, 0.2) is 64.0 Å². The van der Waals surface area contributed by atoms with E-state index in [0.717, 1.165) is 15.6 Å². The van der Waals surface area contributed by atoms with Crippen molar-refractivity contribution in [1.82, 2.24) is 19.4 Å². The minimum atomic E-state index is -3.56. The van der Waals surface area contributed by atoms with Gasteiger partial charge in [0.1, 0.15) is 5.69 Å². The molecule has 1 fully saturated rings. The Hall–Kier alpha value is -2.49. The predicted octanol–water partition coefficient (Wildman–Crippen LogP) is 3.29. The maximum absolute atomic E-state index is 12.8. The van der Waals surface area contributed by atoms with E-state index >= 15 is 0 Å². The minimum absolute atomic E-state index is 0.182. The number of hydrogen-bond acceptors (Lipinski definition) is 4. The predicted molar refractivity (Wildman–Crippen MR) is 118 cm³/mol. The molecule has 9 heteroatoms. The summed E-state index contributed by atoms with van der Waals surface area (Å²) < 4.78 is 28.1. The van der Waals surface area contributed by atoms with Crippen LogP contribution >= 0.6 is 15.9 Å². The fourth-order valence-electron chi connectivity index (χ4n) is 3.36. The van der Waals surface area contributed by atoms with Gasteiger partial charge in [-0.3, -0.25) is 9.89 Å². The van der Waals surface area contributed by atoms with Crippen LogP contribution in [0.4, 0.5) is 0 Å². The molecule has 0 aliphatic carbocycles. The van der Waals surface area contributed by atoms with Gasteiger partial charge in [-0.25, -0.2) is 8.42 Å². The second-order valence-electron chi connectivity index (χ2n) is 7.18. The average Bonchev–Trinajstić information content (AvgIpc) is 3.24. The number of aryl methyl sites for hydroxylation is 1. The second-order valence-corrected chi connectivity index (χ2v) is 10.0. The average molecular weight is 489 g/mol. The lowest BCUT2D eigenvalue weighted by Crippen LogP contribution is -2.50. The number of nitrogens with one attached hydrogen (secondary N) is 1. The summed E-state index contributed by atoms with van der Waals surface area (Å²) in [7, 11) is -3.56. The first kappa shape index (κ1) is 20.8. The summed E-state index contributed by atoms with van der Waals surface area (Å²) in [4.78, 5) is 14.8. The molecule has 1 aliphatic heterocycles. The molecule has 7 nitrogen and oxygen atoms in total. The molecule has 1 N–H and O–H groups in total. The van der Waals surface area contributed by atoms with Gasteiger partial charge < -0.3 is 4.90 Å². The monoisotopic (exact) mass is 488 g/mol. The standard InChI is InChI=1S/C21H21BrN4O3S/c1-15-2-8-18(9-3-15)30(28,29)26-12-10-25(11-13-26)21(27)20-14-19(23-24-20)16-4-6-17(22)7-5-16/h2-9,14H,10-13H2,1H3,(H,23,24). The summed E-state index contributed by atoms with van der Waals surface area (Å²) in [6, 6.07) is 16.2. The molecule has 0 bridgehead atoms. The SMILES string of the molecule is Cc1ccc(S(=O)(=O)N2CCN(C(=O)c3cc(-c4ccc(Br)cc4)n[nH]3)CC2)cc1. The Balaban J connectivity index is 1.42. The van der Waals surface area contributed by atoms with Gasteiger partial charge in [0.15, 0.2) is 0 Å². The van der Waals surface area contributed by atoms with Crippen LogP contribution in [0.5, 0.6) is 0 Å². The van der Waals surface area contributed by atoms with Crippen LogP contribution in [0.3, 0.4) is 0 Å². The Morgan fingerprint density at radius 3 is 2.27 bits per heavy atom. The summed E-state index contributed by atoms with van der Waals surface area (Å²) in [5.74, 6) is -0.182. The Bertz CT molecular complexity index is 1150. The van der Waals surface area contributed by atoms with Crippen molar-refractivity contribution in [3.8, 4) is 11.3 Å². The number of amides is 1. The normalized spacial score (nSPS) is 15.3. The largest absolute Gasteiger partial charge is 0.335 e. The van der Waals surface area contributed by atoms with E-state index < -0.39 is 10.0 Å². The van der Waals surface area contributed by atoms with E-state index in [1.54, 1.807) is 35.2 Å². The smallest absolute Gasteiger partial charge is 0.271 e. The molecule has 0 spiro atoms. The first-order chi connectivity index (χ1) is 14.3. The number of aromatic nitrogens is 2. The first-order valence-electron chi connectivity index (χ1n) is 9.52. The van der Waals surface area contributed by atoms with Gasteiger partial charge in [-0.05, 0) is 37.3 Å². The van der Waals surface area contributed by atoms with Crippen molar-refractivity contribution in [2.45, 2.75) is 11.8 Å². The molecular formula is C21H21BrN4O3S. The van der Waals surface area contributed by atoms with E-state index in [2.05, 4.69) is 26.1 Å². The zero-order valence-electron chi connectivity index (χ0n) is 16.4. The molecular weight excluding hydrogens is 468 g/mol. The molecule has 0 atom stereocenters. The molecule has 4 rings (SSSR count). The Morgan fingerprint density at radius 2 is 1.63 bits per heavy atom. The van der Waals surface area contributed by atoms with E-state index in [0.29, 0.717) is 24.5 Å². The number of sulfonamides is 1. The van der Waals surface area contributed by atoms with Gasteiger partial charge in [-0.15, -0.1) is 0 Å². The molecule has 1 amide bonds. The van der Waals surface area contributed by atoms with E-state index in [1.807, 2.05) is 31.2 Å². The second kappa shape index (κ2) is 8.33. The molecule has 0 unspecified atom stereocenters. The highest BCUT2D eigenvalue weighted by atomic mass is 79.9. The number of hydrogen-bond donors (Lipinski definition) is 1. The molecule has 1 aromatic heterocycles. The molecule has 1 aliphatic rings. The molecule has 30 heavy (non-hydrogen) atoms. The van der Waals surface area contributed by atoms with Gasteiger partial charge in [-0.1, -0.05) is 45.8 Å². The number of carbonyl (C=O) groups excluding carboxylic acids is 1. The van der Waals surface area contributed by atoms with Gasteiger partial charge in [0, 0.05) is 36.2 Å². The van der Waals surface area contributed by atoms with Gasteiger partial charge in [0.05, 0.1) is 10.6 Å². The number of H-pyrrole nitrogens is 1. The van der Waals surface area contributed by atoms with E-state index in [9.17, 15) is 13.2 Å². The number of halogens is 1. The fourth-order valence-corrected chi connectivity index (χ4v) is 5.05. The number of aromatic amines is 1. The van der Waals surface area contributed by atoms with Crippen LogP contribution in [-0.4, -0.2) is 59.9 Å². The zero-order chi connectivity index (χ0) is 21.3. The van der Waals surface area contributed by atoms with Gasteiger partial charge in [0.2, 0.25) is 10.0 Å². The van der Waals surface area contributed by atoms with E-state index in [1.165, 1.54) is 4.31 Å². The van der Waals surface area contributed by atoms with Crippen molar-refractivity contribution >= 4 is 31.9 Å². The molecule has 2 heterocycles. The van der Waals surface area contributed by atoms with Gasteiger partial charge in [-0.2, -0.15) is 9.40 Å². The molecule has 0 saturated carbocycles. The first-order valence-corrected chi connectivity index (χ1v) is 11.8. The Labute approximate surface area is 183 Å². The zero-order valence-corrected chi connectivity index (χ0v) is 18.8. The van der Waals surface area contributed by atoms with Crippen molar-refractivity contribution in [2.24, 2.45) is 0 Å². The number of nitrogens with zero attached hydrogens (tertiary/aromatic N) is 3. The third-order valence-corrected chi connectivity index (χ3v) is 7.57. The maximum Gasteiger partial charge on any atom is 0.271 e. The molecule has 2 aromatic carbocycles. The minimum Gasteiger partial charge on any atom is -0.335 e. The van der Waals surface area contributed by atoms with Crippen LogP contribution in [0.2, 0.25) is 0 Å². The lowest BCUT2D eigenvalue weighted by atomic mass is 10.1. The summed E-state index contributed by atoms with van der Waals surface area (Å²) in [6.45, 7) is 3.09. The van der Waals surface area contributed by atoms with Crippen molar-refractivity contribution in [2.75, 3.05) is 26.2 Å². The highest BCUT2D eigenvalue weighted by Crippen LogP contribution is 2.22. The summed E-state index contributed by atoms with van der Waals surface area (Å²) in [5, 5.41) is 7.04. The van der Waals surface area contributed by atoms with Crippen LogP contribution in [0.25, 0.3) is 11.3 Å². The molecule has 156 valence electrons. The molecule has 3 aromatic rings. The van der Waals surface area contributed by atoms with Crippen LogP contribution in [0, 0.1) is 6.92 Å². The number of rotatable bonds is 4. The van der Waals surface area contributed by atoms with Crippen molar-refractivity contribution in [3.63, 3.8) is 0 Å². The van der Waals surface area contributed by atoms with Crippen molar-refractivity contribution in [3.05, 3.63) is 70.3 Å². The lowest BCUT2D eigenvalue weighted by Gasteiger charge is -2.33. The Morgan fingerprint density at radius 1 is 1.00 bits per heavy atom. The molecule has 0 radical (unpaired) electrons.